The van der Waals surface area contributed by atoms with E-state index in [-0.39, 0.29) is 43.5 Å². The van der Waals surface area contributed by atoms with Crippen LogP contribution in [0.5, 0.6) is 11.5 Å². The summed E-state index contributed by atoms with van der Waals surface area (Å²) in [5, 5.41) is 6.04. The molecule has 3 aromatic rings. The van der Waals surface area contributed by atoms with Crippen LogP contribution in [-0.4, -0.2) is 41.6 Å². The van der Waals surface area contributed by atoms with Gasteiger partial charge >= 0.3 is 0 Å². The number of hydrogen-bond acceptors (Lipinski definition) is 6. The van der Waals surface area contributed by atoms with Crippen molar-refractivity contribution < 1.29 is 19.1 Å². The largest absolute Gasteiger partial charge is 0.493 e. The first-order valence-electron chi connectivity index (χ1n) is 10.7. The molecule has 2 aromatic carbocycles. The van der Waals surface area contributed by atoms with E-state index in [1.165, 1.54) is 18.0 Å². The Labute approximate surface area is 191 Å². The summed E-state index contributed by atoms with van der Waals surface area (Å²) >= 11 is 0. The molecule has 33 heavy (non-hydrogen) atoms. The number of carbonyl (C=O) groups is 2. The van der Waals surface area contributed by atoms with Crippen LogP contribution < -0.4 is 25.7 Å². The first-order valence-corrected chi connectivity index (χ1v) is 10.7. The molecule has 0 spiro atoms. The maximum Gasteiger partial charge on any atom is 0.261 e. The number of nitrogens with one attached hydrogen (secondary N) is 2. The molecule has 0 saturated heterocycles. The number of carbonyl (C=O) groups excluding carboxylic acids is 2. The molecular weight excluding hydrogens is 424 g/mol. The molecule has 0 aliphatic rings. The molecule has 3 rings (SSSR count). The zero-order valence-electron chi connectivity index (χ0n) is 19.0. The Morgan fingerprint density at radius 1 is 1.09 bits per heavy atom. The lowest BCUT2D eigenvalue weighted by atomic mass is 10.1. The number of likely N-dealkylation sites (N-methyl/N-ethyl adjacent to an activating group) is 1. The van der Waals surface area contributed by atoms with Crippen molar-refractivity contribution in [2.24, 2.45) is 0 Å². The molecule has 0 aliphatic carbocycles. The fraction of sp³-hybridized carbons (Fsp3) is 0.333. The van der Waals surface area contributed by atoms with Gasteiger partial charge < -0.3 is 20.1 Å². The van der Waals surface area contributed by atoms with Gasteiger partial charge in [-0.05, 0) is 43.2 Å². The van der Waals surface area contributed by atoms with Crippen LogP contribution in [0.25, 0.3) is 10.9 Å². The minimum absolute atomic E-state index is 0.108. The van der Waals surface area contributed by atoms with Gasteiger partial charge in [0.1, 0.15) is 0 Å². The Morgan fingerprint density at radius 3 is 2.67 bits per heavy atom. The SMILES string of the molecule is CCNC(=O)COc1ccc(CNC(=O)CCn2cnc3c(C)cccc3c2=O)cc1OC. The number of aryl methyl sites for hydroxylation is 2. The molecule has 0 radical (unpaired) electrons. The van der Waals surface area contributed by atoms with Crippen molar-refractivity contribution in [2.45, 2.75) is 33.4 Å². The summed E-state index contributed by atoms with van der Waals surface area (Å²) in [4.78, 5) is 40.9. The topological polar surface area (TPSA) is 112 Å². The van der Waals surface area contributed by atoms with Gasteiger partial charge in [-0.25, -0.2) is 4.98 Å². The average Bonchev–Trinajstić information content (AvgIpc) is 2.82. The molecule has 0 atom stereocenters. The number of rotatable bonds is 10. The molecule has 174 valence electrons. The van der Waals surface area contributed by atoms with Crippen LogP contribution >= 0.6 is 0 Å². The van der Waals surface area contributed by atoms with Crippen molar-refractivity contribution in [3.8, 4) is 11.5 Å². The highest BCUT2D eigenvalue weighted by Gasteiger charge is 2.11. The Kier molecular flexibility index (Phi) is 8.01. The molecule has 0 bridgehead atoms. The fourth-order valence-corrected chi connectivity index (χ4v) is 3.34. The van der Waals surface area contributed by atoms with Gasteiger partial charge in [0.2, 0.25) is 5.91 Å². The second kappa shape index (κ2) is 11.1. The van der Waals surface area contributed by atoms with Gasteiger partial charge in [-0.2, -0.15) is 0 Å². The summed E-state index contributed by atoms with van der Waals surface area (Å²) in [6.45, 7) is 4.68. The van der Waals surface area contributed by atoms with E-state index in [1.54, 1.807) is 24.3 Å². The third-order valence-corrected chi connectivity index (χ3v) is 5.09. The number of aromatic nitrogens is 2. The Morgan fingerprint density at radius 2 is 1.91 bits per heavy atom. The number of nitrogens with zero attached hydrogens (tertiary/aromatic N) is 2. The van der Waals surface area contributed by atoms with Crippen molar-refractivity contribution in [1.82, 2.24) is 20.2 Å². The first kappa shape index (κ1) is 23.8. The lowest BCUT2D eigenvalue weighted by Gasteiger charge is -2.13. The van der Waals surface area contributed by atoms with Crippen molar-refractivity contribution in [3.05, 3.63) is 64.2 Å². The maximum absolute atomic E-state index is 12.6. The Bertz CT molecular complexity index is 1210. The van der Waals surface area contributed by atoms with Crippen molar-refractivity contribution in [1.29, 1.82) is 0 Å². The van der Waals surface area contributed by atoms with Crippen LogP contribution in [0.1, 0.15) is 24.5 Å². The lowest BCUT2D eigenvalue weighted by Crippen LogP contribution is -2.28. The third kappa shape index (κ3) is 6.09. The standard InChI is InChI=1S/C24H28N4O5/c1-4-25-22(30)14-33-19-9-8-17(12-20(19)32-3)13-26-21(29)10-11-28-15-27-23-16(2)6-5-7-18(23)24(28)31/h5-9,12,15H,4,10-11,13-14H2,1-3H3,(H,25,30)(H,26,29). The predicted octanol–water partition coefficient (Wildman–Crippen LogP) is 1.93. The van der Waals surface area contributed by atoms with Crippen molar-refractivity contribution in [2.75, 3.05) is 20.3 Å². The molecule has 1 heterocycles. The molecule has 2 N–H and O–H groups in total. The second-order valence-electron chi connectivity index (χ2n) is 7.47. The number of amides is 2. The van der Waals surface area contributed by atoms with Gasteiger partial charge in [0.05, 0.1) is 24.3 Å². The number of para-hydroxylation sites is 1. The molecule has 0 fully saturated rings. The van der Waals surface area contributed by atoms with Gasteiger partial charge in [0.25, 0.3) is 11.5 Å². The van der Waals surface area contributed by atoms with E-state index in [2.05, 4.69) is 15.6 Å². The van der Waals surface area contributed by atoms with E-state index in [9.17, 15) is 14.4 Å². The van der Waals surface area contributed by atoms with Crippen LogP contribution in [0, 0.1) is 6.92 Å². The Balaban J connectivity index is 1.55. The van der Waals surface area contributed by atoms with E-state index in [1.807, 2.05) is 26.0 Å². The zero-order valence-corrected chi connectivity index (χ0v) is 19.0. The minimum atomic E-state index is -0.216. The highest BCUT2D eigenvalue weighted by Crippen LogP contribution is 2.28. The smallest absolute Gasteiger partial charge is 0.261 e. The normalized spacial score (nSPS) is 10.6. The highest BCUT2D eigenvalue weighted by atomic mass is 16.5. The van der Waals surface area contributed by atoms with E-state index in [0.717, 1.165) is 11.1 Å². The van der Waals surface area contributed by atoms with E-state index >= 15 is 0 Å². The summed E-state index contributed by atoms with van der Waals surface area (Å²) in [7, 11) is 1.51. The summed E-state index contributed by atoms with van der Waals surface area (Å²) in [6.07, 6.45) is 1.62. The van der Waals surface area contributed by atoms with Gasteiger partial charge in [-0.1, -0.05) is 18.2 Å². The average molecular weight is 453 g/mol. The molecular formula is C24H28N4O5. The van der Waals surface area contributed by atoms with Crippen LogP contribution in [0.4, 0.5) is 0 Å². The summed E-state index contributed by atoms with van der Waals surface area (Å²) in [5.74, 6) is 0.501. The van der Waals surface area contributed by atoms with Crippen LogP contribution in [-0.2, 0) is 22.7 Å². The zero-order chi connectivity index (χ0) is 23.8. The van der Waals surface area contributed by atoms with Crippen molar-refractivity contribution >= 4 is 22.7 Å². The molecule has 0 aliphatic heterocycles. The van der Waals surface area contributed by atoms with Gasteiger partial charge in [-0.15, -0.1) is 0 Å². The number of hydrogen-bond donors (Lipinski definition) is 2. The van der Waals surface area contributed by atoms with Gasteiger partial charge in [-0.3, -0.25) is 19.0 Å². The molecule has 1 aromatic heterocycles. The number of benzene rings is 2. The minimum Gasteiger partial charge on any atom is -0.493 e. The monoisotopic (exact) mass is 452 g/mol. The molecule has 0 saturated carbocycles. The quantitative estimate of drug-likeness (QED) is 0.486. The maximum atomic E-state index is 12.6. The molecule has 2 amide bonds. The van der Waals surface area contributed by atoms with Crippen molar-refractivity contribution in [3.63, 3.8) is 0 Å². The van der Waals surface area contributed by atoms with E-state index < -0.39 is 0 Å². The fourth-order valence-electron chi connectivity index (χ4n) is 3.34. The molecule has 9 heteroatoms. The van der Waals surface area contributed by atoms with Crippen LogP contribution in [0.2, 0.25) is 0 Å². The van der Waals surface area contributed by atoms with E-state index in [0.29, 0.717) is 28.9 Å². The van der Waals surface area contributed by atoms with Crippen LogP contribution in [0.15, 0.2) is 47.5 Å². The lowest BCUT2D eigenvalue weighted by molar-refractivity contribution is -0.123. The summed E-state index contributed by atoms with van der Waals surface area (Å²) in [5.41, 5.74) is 2.26. The van der Waals surface area contributed by atoms with E-state index in [4.69, 9.17) is 9.47 Å². The number of methoxy groups -OCH3 is 1. The summed E-state index contributed by atoms with van der Waals surface area (Å²) in [6, 6.07) is 10.7. The molecule has 0 unspecified atom stereocenters. The van der Waals surface area contributed by atoms with Gasteiger partial charge in [0.15, 0.2) is 18.1 Å². The van der Waals surface area contributed by atoms with Crippen LogP contribution in [0.3, 0.4) is 0 Å². The van der Waals surface area contributed by atoms with Gasteiger partial charge in [0, 0.05) is 26.1 Å². The molecule has 9 nitrogen and oxygen atoms in total. The Hall–Kier alpha value is -3.88. The summed E-state index contributed by atoms with van der Waals surface area (Å²) < 4.78 is 12.3. The number of fused-ring (bicyclic) bond motifs is 1. The predicted molar refractivity (Wildman–Crippen MR) is 124 cm³/mol. The first-order chi connectivity index (χ1) is 15.9. The number of ether oxygens (including phenoxy) is 2. The second-order valence-corrected chi connectivity index (χ2v) is 7.47. The highest BCUT2D eigenvalue weighted by molar-refractivity contribution is 5.80. The third-order valence-electron chi connectivity index (χ3n) is 5.09.